The molecule has 3 amide bonds. The Labute approximate surface area is 132 Å². The number of nitrogens with one attached hydrogen (secondary N) is 1. The van der Waals surface area contributed by atoms with Crippen molar-refractivity contribution in [1.29, 1.82) is 0 Å². The van der Waals surface area contributed by atoms with Crippen LogP contribution in [-0.2, 0) is 16.1 Å². The van der Waals surface area contributed by atoms with E-state index in [1.807, 2.05) is 0 Å². The lowest BCUT2D eigenvalue weighted by Gasteiger charge is -2.29. The number of piperidine rings is 1. The monoisotopic (exact) mass is 367 g/mol. The Morgan fingerprint density at radius 1 is 1.32 bits per heavy atom. The summed E-state index contributed by atoms with van der Waals surface area (Å²) in [6.07, 6.45) is 0.363. The molecule has 0 saturated carbocycles. The van der Waals surface area contributed by atoms with E-state index in [9.17, 15) is 24.5 Å². The first-order valence-corrected chi connectivity index (χ1v) is 7.30. The molecule has 1 unspecified atom stereocenters. The van der Waals surface area contributed by atoms with Crippen LogP contribution < -0.4 is 5.32 Å². The maximum atomic E-state index is 12.5. The van der Waals surface area contributed by atoms with Gasteiger partial charge in [-0.3, -0.25) is 29.8 Å². The highest BCUT2D eigenvalue weighted by Gasteiger charge is 2.42. The van der Waals surface area contributed by atoms with Gasteiger partial charge in [0.05, 0.1) is 9.40 Å². The molecule has 2 heterocycles. The third kappa shape index (κ3) is 2.17. The molecule has 1 atom stereocenters. The number of fused-ring (bicyclic) bond motifs is 1. The fourth-order valence-corrected chi connectivity index (χ4v) is 3.26. The SMILES string of the molecule is O=C1CCC(N2Cc3ccc(Br)c([N+](=O)[O-])c3C2=O)C(=O)N1. The zero-order chi connectivity index (χ0) is 16.0. The summed E-state index contributed by atoms with van der Waals surface area (Å²) < 4.78 is 0.217. The van der Waals surface area contributed by atoms with Crippen molar-refractivity contribution in [1.82, 2.24) is 10.2 Å². The van der Waals surface area contributed by atoms with Crippen LogP contribution in [0.1, 0.15) is 28.8 Å². The van der Waals surface area contributed by atoms with E-state index in [4.69, 9.17) is 0 Å². The minimum Gasteiger partial charge on any atom is -0.322 e. The molecule has 0 aliphatic carbocycles. The van der Waals surface area contributed by atoms with Gasteiger partial charge in [0, 0.05) is 13.0 Å². The van der Waals surface area contributed by atoms with Crippen LogP contribution in [0.3, 0.4) is 0 Å². The van der Waals surface area contributed by atoms with E-state index in [1.54, 1.807) is 6.07 Å². The van der Waals surface area contributed by atoms with Gasteiger partial charge in [-0.2, -0.15) is 0 Å². The van der Waals surface area contributed by atoms with Crippen LogP contribution in [0.5, 0.6) is 0 Å². The van der Waals surface area contributed by atoms with Crippen molar-refractivity contribution in [2.75, 3.05) is 0 Å². The van der Waals surface area contributed by atoms with Crippen molar-refractivity contribution in [3.63, 3.8) is 0 Å². The summed E-state index contributed by atoms with van der Waals surface area (Å²) in [5, 5.41) is 13.4. The van der Waals surface area contributed by atoms with Gasteiger partial charge in [0.25, 0.3) is 11.6 Å². The molecule has 1 aromatic rings. The van der Waals surface area contributed by atoms with Gasteiger partial charge >= 0.3 is 0 Å². The van der Waals surface area contributed by atoms with Crippen molar-refractivity contribution < 1.29 is 19.3 Å². The lowest BCUT2D eigenvalue weighted by atomic mass is 10.0. The van der Waals surface area contributed by atoms with Crippen molar-refractivity contribution >= 4 is 39.3 Å². The molecule has 1 fully saturated rings. The molecule has 3 rings (SSSR count). The Kier molecular flexibility index (Phi) is 3.44. The Hall–Kier alpha value is -2.29. The number of hydrogen-bond acceptors (Lipinski definition) is 5. The third-order valence-electron chi connectivity index (χ3n) is 3.80. The Bertz CT molecular complexity index is 733. The zero-order valence-electron chi connectivity index (χ0n) is 11.2. The summed E-state index contributed by atoms with van der Waals surface area (Å²) in [5.41, 5.74) is 0.214. The van der Waals surface area contributed by atoms with Gasteiger partial charge in [-0.25, -0.2) is 0 Å². The Morgan fingerprint density at radius 2 is 2.05 bits per heavy atom. The summed E-state index contributed by atoms with van der Waals surface area (Å²) >= 11 is 3.08. The number of carbonyl (C=O) groups excluding carboxylic acids is 3. The van der Waals surface area contributed by atoms with E-state index in [1.165, 1.54) is 11.0 Å². The van der Waals surface area contributed by atoms with Gasteiger partial charge in [0.2, 0.25) is 11.8 Å². The molecular weight excluding hydrogens is 358 g/mol. The van der Waals surface area contributed by atoms with E-state index in [2.05, 4.69) is 21.2 Å². The molecule has 2 aliphatic rings. The number of benzene rings is 1. The number of amides is 3. The highest BCUT2D eigenvalue weighted by molar-refractivity contribution is 9.10. The molecule has 9 heteroatoms. The molecule has 1 N–H and O–H groups in total. The van der Waals surface area contributed by atoms with Crippen LogP contribution in [0, 0.1) is 10.1 Å². The number of nitro groups is 1. The second kappa shape index (κ2) is 5.16. The number of hydrogen-bond donors (Lipinski definition) is 1. The van der Waals surface area contributed by atoms with Crippen molar-refractivity contribution in [3.8, 4) is 0 Å². The summed E-state index contributed by atoms with van der Waals surface area (Å²) in [6.45, 7) is 0.120. The number of halogens is 1. The average molecular weight is 368 g/mol. The van der Waals surface area contributed by atoms with Crippen molar-refractivity contribution in [2.24, 2.45) is 0 Å². The van der Waals surface area contributed by atoms with Crippen LogP contribution in [0.2, 0.25) is 0 Å². The van der Waals surface area contributed by atoms with Gasteiger partial charge in [-0.1, -0.05) is 6.07 Å². The molecule has 0 aromatic heterocycles. The smallest absolute Gasteiger partial charge is 0.296 e. The first-order valence-electron chi connectivity index (χ1n) is 6.50. The van der Waals surface area contributed by atoms with E-state index in [-0.39, 0.29) is 41.0 Å². The zero-order valence-corrected chi connectivity index (χ0v) is 12.8. The third-order valence-corrected chi connectivity index (χ3v) is 4.44. The highest BCUT2D eigenvalue weighted by Crippen LogP contribution is 2.37. The van der Waals surface area contributed by atoms with Crippen LogP contribution in [0.4, 0.5) is 5.69 Å². The maximum Gasteiger partial charge on any atom is 0.296 e. The van der Waals surface area contributed by atoms with Gasteiger partial charge in [-0.15, -0.1) is 0 Å². The first kappa shape index (κ1) is 14.6. The van der Waals surface area contributed by atoms with Crippen LogP contribution in [0.15, 0.2) is 16.6 Å². The Balaban J connectivity index is 1.98. The summed E-state index contributed by atoms with van der Waals surface area (Å²) in [5.74, 6) is -1.48. The predicted octanol–water partition coefficient (Wildman–Crippen LogP) is 1.12. The summed E-state index contributed by atoms with van der Waals surface area (Å²) in [7, 11) is 0. The number of imide groups is 1. The number of rotatable bonds is 2. The lowest BCUT2D eigenvalue weighted by Crippen LogP contribution is -2.52. The molecule has 0 radical (unpaired) electrons. The molecule has 0 bridgehead atoms. The summed E-state index contributed by atoms with van der Waals surface area (Å²) in [4.78, 5) is 47.5. The molecule has 1 saturated heterocycles. The van der Waals surface area contributed by atoms with Crippen LogP contribution in [0.25, 0.3) is 0 Å². The molecule has 22 heavy (non-hydrogen) atoms. The maximum absolute atomic E-state index is 12.5. The number of nitrogens with zero attached hydrogens (tertiary/aromatic N) is 2. The fraction of sp³-hybridized carbons (Fsp3) is 0.308. The van der Waals surface area contributed by atoms with Gasteiger partial charge in [-0.05, 0) is 34.0 Å². The molecule has 2 aliphatic heterocycles. The van der Waals surface area contributed by atoms with Gasteiger partial charge in [0.15, 0.2) is 0 Å². The standard InChI is InChI=1S/C13H10BrN3O5/c14-7-2-1-6-5-16(8-3-4-9(18)15-12(8)19)13(20)10(6)11(7)17(21)22/h1-2,8H,3-5H2,(H,15,18,19). The molecule has 0 spiro atoms. The predicted molar refractivity (Wildman–Crippen MR) is 76.8 cm³/mol. The quantitative estimate of drug-likeness (QED) is 0.478. The lowest BCUT2D eigenvalue weighted by molar-refractivity contribution is -0.385. The van der Waals surface area contributed by atoms with Crippen molar-refractivity contribution in [3.05, 3.63) is 37.8 Å². The molecule has 8 nitrogen and oxygen atoms in total. The van der Waals surface area contributed by atoms with E-state index < -0.39 is 22.8 Å². The first-order chi connectivity index (χ1) is 10.4. The Morgan fingerprint density at radius 3 is 2.68 bits per heavy atom. The molecular formula is C13H10BrN3O5. The van der Waals surface area contributed by atoms with E-state index in [0.717, 1.165) is 0 Å². The van der Waals surface area contributed by atoms with E-state index in [0.29, 0.717) is 5.56 Å². The largest absolute Gasteiger partial charge is 0.322 e. The second-order valence-corrected chi connectivity index (χ2v) is 5.94. The normalized spacial score (nSPS) is 20.9. The topological polar surface area (TPSA) is 110 Å². The molecule has 114 valence electrons. The van der Waals surface area contributed by atoms with Crippen molar-refractivity contribution in [2.45, 2.75) is 25.4 Å². The molecule has 1 aromatic carbocycles. The van der Waals surface area contributed by atoms with Crippen LogP contribution in [-0.4, -0.2) is 33.6 Å². The average Bonchev–Trinajstić information content (AvgIpc) is 2.76. The van der Waals surface area contributed by atoms with E-state index >= 15 is 0 Å². The second-order valence-electron chi connectivity index (χ2n) is 5.09. The fourth-order valence-electron chi connectivity index (χ4n) is 2.79. The summed E-state index contributed by atoms with van der Waals surface area (Å²) in [6, 6.07) is 2.35. The van der Waals surface area contributed by atoms with Crippen LogP contribution >= 0.6 is 15.9 Å². The number of carbonyl (C=O) groups is 3. The van der Waals surface area contributed by atoms with Gasteiger partial charge in [0.1, 0.15) is 11.6 Å². The number of nitro benzene ring substituents is 1. The minimum atomic E-state index is -0.782. The highest BCUT2D eigenvalue weighted by atomic mass is 79.9. The van der Waals surface area contributed by atoms with Gasteiger partial charge < -0.3 is 4.90 Å². The minimum absolute atomic E-state index is 0.00377.